The average Bonchev–Trinajstić information content (AvgIpc) is 1.69. The molecule has 12 heterocycles. The summed E-state index contributed by atoms with van der Waals surface area (Å²) in [6, 6.07) is 50.9. The third kappa shape index (κ3) is 14.7. The number of hydrogen-bond acceptors (Lipinski definition) is 14. The molecule has 0 fully saturated rings. The van der Waals surface area contributed by atoms with Gasteiger partial charge in [0.25, 0.3) is 0 Å². The summed E-state index contributed by atoms with van der Waals surface area (Å²) >= 11 is 6.13. The van der Waals surface area contributed by atoms with Crippen LogP contribution in [0, 0.1) is 6.92 Å². The van der Waals surface area contributed by atoms with Crippen LogP contribution in [0.4, 0.5) is 0 Å². The van der Waals surface area contributed by atoms with E-state index in [2.05, 4.69) is 106 Å². The Hall–Kier alpha value is -11.1. The average molecular weight is 1280 g/mol. The summed E-state index contributed by atoms with van der Waals surface area (Å²) < 4.78 is 9.94. The molecule has 0 unspecified atom stereocenters. The molecule has 0 atom stereocenters. The van der Waals surface area contributed by atoms with E-state index in [1.54, 1.807) is 82.2 Å². The summed E-state index contributed by atoms with van der Waals surface area (Å²) in [4.78, 5) is 86.4. The van der Waals surface area contributed by atoms with Crippen LogP contribution >= 0.6 is 45.3 Å². The molecule has 0 amide bonds. The Morgan fingerprint density at radius 2 is 0.879 bits per heavy atom. The van der Waals surface area contributed by atoms with Gasteiger partial charge in [-0.25, -0.2) is 29.5 Å². The lowest BCUT2D eigenvalue weighted by molar-refractivity contribution is 0.0592. The van der Waals surface area contributed by atoms with Crippen molar-refractivity contribution in [2.45, 2.75) is 12.8 Å². The van der Waals surface area contributed by atoms with Crippen LogP contribution < -0.4 is 21.4 Å². The second-order valence-corrected chi connectivity index (χ2v) is 23.6. The molecule has 0 radical (unpaired) electrons. The minimum absolute atomic E-state index is 0.185. The number of aldehydes is 2. The zero-order valence-corrected chi connectivity index (χ0v) is 52.3. The van der Waals surface area contributed by atoms with Gasteiger partial charge in [0.2, 0.25) is 0 Å². The van der Waals surface area contributed by atoms with Gasteiger partial charge in [0.05, 0.1) is 64.5 Å². The predicted octanol–water partition coefficient (Wildman–Crippen LogP) is 11.5. The van der Waals surface area contributed by atoms with Crippen LogP contribution in [0.5, 0.6) is 0 Å². The van der Waals surface area contributed by atoms with E-state index >= 15 is 0 Å². The number of aryl methyl sites for hydroxylation is 1. The van der Waals surface area contributed by atoms with E-state index in [1.165, 1.54) is 31.1 Å². The highest BCUT2D eigenvalue weighted by Crippen LogP contribution is 2.32. The fourth-order valence-corrected chi connectivity index (χ4v) is 12.6. The molecule has 1 aliphatic rings. The molecule has 3 aromatic carbocycles. The van der Waals surface area contributed by atoms with Crippen molar-refractivity contribution in [2.75, 3.05) is 14.2 Å². The van der Waals surface area contributed by atoms with Gasteiger partial charge in [-0.1, -0.05) is 54.1 Å². The smallest absolute Gasteiger partial charge is 0.337 e. The molecule has 14 aromatic rings. The van der Waals surface area contributed by atoms with Crippen LogP contribution in [0.15, 0.2) is 229 Å². The molecule has 21 heteroatoms. The first-order valence-electron chi connectivity index (χ1n) is 28.2. The Morgan fingerprint density at radius 3 is 1.23 bits per heavy atom. The minimum atomic E-state index is -0.395. The van der Waals surface area contributed by atoms with Gasteiger partial charge in [0.15, 0.2) is 11.3 Å². The number of H-pyrrole nitrogens is 7. The van der Waals surface area contributed by atoms with Crippen LogP contribution in [-0.4, -0.2) is 93.6 Å². The molecular formula is C70H57N11O6S4. The third-order valence-electron chi connectivity index (χ3n) is 14.2. The number of nitrogens with one attached hydrogen (secondary N) is 7. The van der Waals surface area contributed by atoms with Crippen LogP contribution in [0.25, 0.3) is 22.3 Å². The molecule has 91 heavy (non-hydrogen) atoms. The lowest BCUT2D eigenvalue weighted by Gasteiger charge is -2.11. The van der Waals surface area contributed by atoms with E-state index in [-0.39, 0.29) is 5.92 Å². The number of methoxy groups -OCH3 is 2. The van der Waals surface area contributed by atoms with Gasteiger partial charge in [-0.2, -0.15) is 0 Å². The second-order valence-electron chi connectivity index (χ2n) is 19.9. The zero-order chi connectivity index (χ0) is 62.9. The Labute approximate surface area is 537 Å². The van der Waals surface area contributed by atoms with Gasteiger partial charge in [-0.05, 0) is 127 Å². The molecule has 7 N–H and O–H groups in total. The maximum atomic E-state index is 12.3. The monoisotopic (exact) mass is 1280 g/mol. The van der Waals surface area contributed by atoms with E-state index in [0.29, 0.717) is 16.1 Å². The highest BCUT2D eigenvalue weighted by Gasteiger charge is 2.22. The first kappa shape index (κ1) is 61.5. The number of carbonyl (C=O) groups excluding carboxylic acids is 4. The number of esters is 2. The fourth-order valence-electron chi connectivity index (χ4n) is 9.96. The lowest BCUT2D eigenvalue weighted by atomic mass is 10.0. The third-order valence-corrected chi connectivity index (χ3v) is 17.3. The van der Waals surface area contributed by atoms with Crippen LogP contribution in [0.3, 0.4) is 0 Å². The van der Waals surface area contributed by atoms with Gasteiger partial charge < -0.3 is 44.4 Å². The molecular weight excluding hydrogens is 1220 g/mol. The van der Waals surface area contributed by atoms with Crippen molar-refractivity contribution in [3.63, 3.8) is 0 Å². The van der Waals surface area contributed by atoms with Gasteiger partial charge in [-0.3, -0.25) is 9.59 Å². The van der Waals surface area contributed by atoms with Gasteiger partial charge in [-0.15, -0.1) is 45.3 Å². The Balaban J connectivity index is 0.000000182. The number of nitrogens with zero attached hydrogens (tertiary/aromatic N) is 4. The number of ether oxygens (including phenoxy) is 2. The minimum Gasteiger partial charge on any atom is -0.465 e. The van der Waals surface area contributed by atoms with Crippen molar-refractivity contribution in [3.05, 3.63) is 338 Å². The predicted molar refractivity (Wildman–Crippen MR) is 357 cm³/mol. The number of thiazole rings is 4. The fraction of sp³-hybridized carbons (Fsp3) is 0.0571. The topological polar surface area (TPSA) is 249 Å². The molecule has 1 aliphatic heterocycles. The summed E-state index contributed by atoms with van der Waals surface area (Å²) in [5.74, 6) is -0.605. The van der Waals surface area contributed by atoms with Crippen LogP contribution in [0.2, 0.25) is 0 Å². The standard InChI is InChI=1S/C42H30N6O4S2.C12H11N3S.C8H8O.C4H3NOS.C4H5N/c1-51-41(49)25-7-3-23(4-8-25)35-27-11-15-31(45-27)37(39-43-19-21-53-39)33-17-13-29(47-33)36(24-5-9-26(10-6-24)42(50)52-2)30-14-18-34(48-30)38(40-44-20-22-54-40)32-16-12-28(35)46-32;1-3-9(13-5-1)11(10-4-2-6-14-10)12-15-7-8-16-12;1-7-2-4-8(6-9)5-3-7;6-3-4-5-1-2-7-4;1-2-4-5-3-1/h3-22,45-48H,1-2H3;1-8,11,13-14H;2-6H,1H3;1-3H;1-5H. The molecule has 17 nitrogen and oxygen atoms in total. The normalized spacial score (nSPS) is 11.4. The Kier molecular flexibility index (Phi) is 20.1. The molecule has 452 valence electrons. The van der Waals surface area contributed by atoms with E-state index in [1.807, 2.05) is 127 Å². The molecule has 15 rings (SSSR count). The largest absolute Gasteiger partial charge is 0.465 e. The summed E-state index contributed by atoms with van der Waals surface area (Å²) in [7, 11) is 2.76. The number of fused-ring (bicyclic) bond motifs is 8. The zero-order valence-electron chi connectivity index (χ0n) is 49.0. The number of carbonyl (C=O) groups is 4. The maximum absolute atomic E-state index is 12.3. The van der Waals surface area contributed by atoms with Crippen LogP contribution in [0.1, 0.15) is 113 Å². The van der Waals surface area contributed by atoms with Crippen molar-refractivity contribution in [2.24, 2.45) is 0 Å². The highest BCUT2D eigenvalue weighted by molar-refractivity contribution is 7.11. The number of rotatable bonds is 11. The van der Waals surface area contributed by atoms with Crippen LogP contribution in [-0.2, 0) is 9.47 Å². The molecule has 0 aliphatic carbocycles. The highest BCUT2D eigenvalue weighted by atomic mass is 32.1. The van der Waals surface area contributed by atoms with E-state index < -0.39 is 11.9 Å². The summed E-state index contributed by atoms with van der Waals surface area (Å²) in [5, 5.41) is 14.5. The van der Waals surface area contributed by atoms with Gasteiger partial charge in [0, 0.05) is 121 Å². The van der Waals surface area contributed by atoms with Crippen molar-refractivity contribution in [1.82, 2.24) is 54.8 Å². The second kappa shape index (κ2) is 29.7. The first-order valence-corrected chi connectivity index (χ1v) is 31.8. The summed E-state index contributed by atoms with van der Waals surface area (Å²) in [6.45, 7) is 1.99. The molecule has 11 aromatic heterocycles. The molecule has 0 spiro atoms. The number of aromatic nitrogens is 11. The summed E-state index contributed by atoms with van der Waals surface area (Å²) in [5.41, 5.74) is 14.1. The maximum Gasteiger partial charge on any atom is 0.337 e. The van der Waals surface area contributed by atoms with E-state index in [9.17, 15) is 19.2 Å². The molecule has 0 saturated heterocycles. The summed E-state index contributed by atoms with van der Waals surface area (Å²) in [6.07, 6.45) is 16.3. The Morgan fingerprint density at radius 1 is 0.440 bits per heavy atom. The molecule has 8 bridgehead atoms. The number of aromatic amines is 7. The molecule has 0 saturated carbocycles. The first-order chi connectivity index (χ1) is 44.7. The van der Waals surface area contributed by atoms with Crippen molar-refractivity contribution in [3.8, 4) is 0 Å². The number of hydrogen-bond donors (Lipinski definition) is 7. The van der Waals surface area contributed by atoms with Gasteiger partial charge >= 0.3 is 11.9 Å². The van der Waals surface area contributed by atoms with E-state index in [4.69, 9.17) is 19.4 Å². The Bertz CT molecular complexity index is 4550. The SMILES string of the molecule is COC(=O)c1ccc(C2=c3ccc([nH]3)=C(c3nccs3)c3ccc([nH]3)C(c3ccc(C(=O)OC)cc3)=c3ccc([nH]3)=C(c3nccs3)c3ccc2[nH]3)cc1.Cc1ccc(C=O)cc1.O=Cc1nccs1.c1c[nH]c(C(c2ccc[nH]2)c2nccs2)c1.c1cc[nH]c1. The lowest BCUT2D eigenvalue weighted by Crippen LogP contribution is -2.19. The van der Waals surface area contributed by atoms with Crippen molar-refractivity contribution < 1.29 is 28.7 Å². The number of benzene rings is 3. The van der Waals surface area contributed by atoms with Crippen molar-refractivity contribution >= 4 is 92.2 Å². The van der Waals surface area contributed by atoms with E-state index in [0.717, 1.165) is 122 Å². The van der Waals surface area contributed by atoms with Gasteiger partial charge in [0.1, 0.15) is 21.3 Å². The quantitative estimate of drug-likeness (QED) is 0.0477. The van der Waals surface area contributed by atoms with Crippen molar-refractivity contribution in [1.29, 1.82) is 0 Å².